The molecule has 1 fully saturated rings. The molecule has 138 valence electrons. The SMILES string of the molecule is COc1cc(C2(C(=O)NCCc3ccc(N)cc3)CCCC2)ccc1C. The number of nitrogens with two attached hydrogens (primary N) is 1. The molecule has 4 heteroatoms. The van der Waals surface area contributed by atoms with Crippen molar-refractivity contribution in [3.05, 3.63) is 59.2 Å². The Morgan fingerprint density at radius 2 is 1.85 bits per heavy atom. The van der Waals surface area contributed by atoms with Gasteiger partial charge in [-0.3, -0.25) is 4.79 Å². The molecule has 3 N–H and O–H groups in total. The maximum atomic E-state index is 13.1. The maximum absolute atomic E-state index is 13.1. The highest BCUT2D eigenvalue weighted by Gasteiger charge is 2.42. The van der Waals surface area contributed by atoms with E-state index in [9.17, 15) is 4.79 Å². The number of hydrogen-bond donors (Lipinski definition) is 2. The summed E-state index contributed by atoms with van der Waals surface area (Å²) in [4.78, 5) is 13.1. The minimum atomic E-state index is -0.428. The third-order valence-electron chi connectivity index (χ3n) is 5.53. The molecule has 0 saturated heterocycles. The lowest BCUT2D eigenvalue weighted by Crippen LogP contribution is -2.43. The number of hydrogen-bond acceptors (Lipinski definition) is 3. The van der Waals surface area contributed by atoms with Gasteiger partial charge in [0.2, 0.25) is 5.91 Å². The van der Waals surface area contributed by atoms with Crippen molar-refractivity contribution in [2.75, 3.05) is 19.4 Å². The molecule has 0 heterocycles. The Labute approximate surface area is 155 Å². The first-order valence-electron chi connectivity index (χ1n) is 9.33. The zero-order chi connectivity index (χ0) is 18.6. The fourth-order valence-corrected chi connectivity index (χ4v) is 3.92. The van der Waals surface area contributed by atoms with Gasteiger partial charge in [-0.05, 0) is 61.1 Å². The number of benzene rings is 2. The number of nitrogens with one attached hydrogen (secondary N) is 1. The van der Waals surface area contributed by atoms with Crippen LogP contribution in [0.15, 0.2) is 42.5 Å². The molecule has 2 aromatic rings. The van der Waals surface area contributed by atoms with Crippen LogP contribution in [0.5, 0.6) is 5.75 Å². The van der Waals surface area contributed by atoms with Crippen LogP contribution in [0, 0.1) is 6.92 Å². The summed E-state index contributed by atoms with van der Waals surface area (Å²) in [6.07, 6.45) is 4.77. The molecule has 0 spiro atoms. The second kappa shape index (κ2) is 7.81. The summed E-state index contributed by atoms with van der Waals surface area (Å²) in [5.74, 6) is 0.986. The van der Waals surface area contributed by atoms with Gasteiger partial charge < -0.3 is 15.8 Å². The highest BCUT2D eigenvalue weighted by molar-refractivity contribution is 5.88. The summed E-state index contributed by atoms with van der Waals surface area (Å²) in [6.45, 7) is 2.66. The molecular formula is C22H28N2O2. The van der Waals surface area contributed by atoms with E-state index in [1.54, 1.807) is 7.11 Å². The van der Waals surface area contributed by atoms with Crippen LogP contribution in [0.3, 0.4) is 0 Å². The van der Waals surface area contributed by atoms with Crippen molar-refractivity contribution in [3.8, 4) is 5.75 Å². The molecule has 0 aromatic heterocycles. The molecule has 1 saturated carbocycles. The van der Waals surface area contributed by atoms with Crippen LogP contribution in [-0.4, -0.2) is 19.6 Å². The van der Waals surface area contributed by atoms with Crippen molar-refractivity contribution in [1.29, 1.82) is 0 Å². The summed E-state index contributed by atoms with van der Waals surface area (Å²) >= 11 is 0. The van der Waals surface area contributed by atoms with Crippen LogP contribution in [0.2, 0.25) is 0 Å². The van der Waals surface area contributed by atoms with E-state index in [4.69, 9.17) is 10.5 Å². The van der Waals surface area contributed by atoms with Crippen LogP contribution < -0.4 is 15.8 Å². The lowest BCUT2D eigenvalue weighted by atomic mass is 9.77. The lowest BCUT2D eigenvalue weighted by Gasteiger charge is -2.29. The molecule has 4 nitrogen and oxygen atoms in total. The van der Waals surface area contributed by atoms with E-state index in [0.717, 1.165) is 54.7 Å². The Bertz CT molecular complexity index is 762. The molecule has 1 aliphatic rings. The Morgan fingerprint density at radius 1 is 1.15 bits per heavy atom. The molecular weight excluding hydrogens is 324 g/mol. The van der Waals surface area contributed by atoms with Gasteiger partial charge in [-0.2, -0.15) is 0 Å². The van der Waals surface area contributed by atoms with E-state index >= 15 is 0 Å². The molecule has 1 amide bonds. The third-order valence-corrected chi connectivity index (χ3v) is 5.53. The van der Waals surface area contributed by atoms with Gasteiger partial charge in [0.05, 0.1) is 12.5 Å². The van der Waals surface area contributed by atoms with Crippen LogP contribution in [0.1, 0.15) is 42.4 Å². The fourth-order valence-electron chi connectivity index (χ4n) is 3.92. The molecule has 0 radical (unpaired) electrons. The first kappa shape index (κ1) is 18.3. The van der Waals surface area contributed by atoms with Gasteiger partial charge in [-0.25, -0.2) is 0 Å². The second-order valence-corrected chi connectivity index (χ2v) is 7.22. The van der Waals surface area contributed by atoms with Crippen LogP contribution in [-0.2, 0) is 16.6 Å². The number of carbonyl (C=O) groups excluding carboxylic acids is 1. The van der Waals surface area contributed by atoms with Gasteiger partial charge in [0.15, 0.2) is 0 Å². The predicted molar refractivity (Wildman–Crippen MR) is 105 cm³/mol. The van der Waals surface area contributed by atoms with Crippen molar-refractivity contribution >= 4 is 11.6 Å². The largest absolute Gasteiger partial charge is 0.496 e. The average Bonchev–Trinajstić information content (AvgIpc) is 3.15. The number of rotatable bonds is 6. The predicted octanol–water partition coefficient (Wildman–Crippen LogP) is 3.76. The van der Waals surface area contributed by atoms with Crippen molar-refractivity contribution in [2.45, 2.75) is 44.4 Å². The summed E-state index contributed by atoms with van der Waals surface area (Å²) in [5, 5.41) is 3.17. The molecule has 2 aromatic carbocycles. The average molecular weight is 352 g/mol. The number of carbonyl (C=O) groups is 1. The van der Waals surface area contributed by atoms with E-state index in [-0.39, 0.29) is 5.91 Å². The van der Waals surface area contributed by atoms with Gasteiger partial charge in [0.25, 0.3) is 0 Å². The fraction of sp³-hybridized carbons (Fsp3) is 0.409. The number of anilines is 1. The summed E-state index contributed by atoms with van der Waals surface area (Å²) in [5.41, 5.74) is 9.39. The van der Waals surface area contributed by atoms with Crippen LogP contribution in [0.4, 0.5) is 5.69 Å². The Kier molecular flexibility index (Phi) is 5.50. The molecule has 0 aliphatic heterocycles. The highest BCUT2D eigenvalue weighted by Crippen LogP contribution is 2.42. The summed E-state index contributed by atoms with van der Waals surface area (Å²) in [7, 11) is 1.68. The van der Waals surface area contributed by atoms with E-state index < -0.39 is 5.41 Å². The smallest absolute Gasteiger partial charge is 0.230 e. The molecule has 1 aliphatic carbocycles. The van der Waals surface area contributed by atoms with Crippen molar-refractivity contribution in [1.82, 2.24) is 5.32 Å². The van der Waals surface area contributed by atoms with Gasteiger partial charge in [0.1, 0.15) is 5.75 Å². The summed E-state index contributed by atoms with van der Waals surface area (Å²) < 4.78 is 5.48. The number of methoxy groups -OCH3 is 1. The second-order valence-electron chi connectivity index (χ2n) is 7.22. The van der Waals surface area contributed by atoms with E-state index in [1.165, 1.54) is 5.56 Å². The van der Waals surface area contributed by atoms with Crippen molar-refractivity contribution < 1.29 is 9.53 Å². The summed E-state index contributed by atoms with van der Waals surface area (Å²) in [6, 6.07) is 14.0. The zero-order valence-corrected chi connectivity index (χ0v) is 15.7. The Morgan fingerprint density at radius 3 is 2.50 bits per heavy atom. The third kappa shape index (κ3) is 3.69. The van der Waals surface area contributed by atoms with Crippen LogP contribution >= 0.6 is 0 Å². The van der Waals surface area contributed by atoms with Crippen LogP contribution in [0.25, 0.3) is 0 Å². The first-order chi connectivity index (χ1) is 12.5. The van der Waals surface area contributed by atoms with Crippen molar-refractivity contribution in [2.24, 2.45) is 0 Å². The quantitative estimate of drug-likeness (QED) is 0.778. The number of amides is 1. The number of ether oxygens (including phenoxy) is 1. The molecule has 0 atom stereocenters. The van der Waals surface area contributed by atoms with Gasteiger partial charge in [0, 0.05) is 12.2 Å². The molecule has 3 rings (SSSR count). The standard InChI is InChI=1S/C22H28N2O2/c1-16-5-8-18(15-20(16)26-2)22(12-3-4-13-22)21(25)24-14-11-17-6-9-19(23)10-7-17/h5-10,15H,3-4,11-14,23H2,1-2H3,(H,24,25). The van der Waals surface area contributed by atoms with Crippen molar-refractivity contribution in [3.63, 3.8) is 0 Å². The number of nitrogen functional groups attached to an aromatic ring is 1. The minimum Gasteiger partial charge on any atom is -0.496 e. The first-order valence-corrected chi connectivity index (χ1v) is 9.33. The van der Waals surface area contributed by atoms with Gasteiger partial charge >= 0.3 is 0 Å². The van der Waals surface area contributed by atoms with E-state index in [1.807, 2.05) is 37.3 Å². The van der Waals surface area contributed by atoms with E-state index in [2.05, 4.69) is 17.4 Å². The minimum absolute atomic E-state index is 0.136. The van der Waals surface area contributed by atoms with Gasteiger partial charge in [-0.15, -0.1) is 0 Å². The molecule has 26 heavy (non-hydrogen) atoms. The monoisotopic (exact) mass is 352 g/mol. The topological polar surface area (TPSA) is 64.3 Å². The molecule has 0 unspecified atom stereocenters. The number of aryl methyl sites for hydroxylation is 1. The Hall–Kier alpha value is -2.49. The van der Waals surface area contributed by atoms with E-state index in [0.29, 0.717) is 6.54 Å². The van der Waals surface area contributed by atoms with Gasteiger partial charge in [-0.1, -0.05) is 37.1 Å². The highest BCUT2D eigenvalue weighted by atomic mass is 16.5. The normalized spacial score (nSPS) is 15.6. The maximum Gasteiger partial charge on any atom is 0.230 e. The Balaban J connectivity index is 1.72. The zero-order valence-electron chi connectivity index (χ0n) is 15.7. The molecule has 0 bridgehead atoms. The lowest BCUT2D eigenvalue weighted by molar-refractivity contribution is -0.126.